The molecule has 0 aliphatic carbocycles. The van der Waals surface area contributed by atoms with Gasteiger partial charge in [-0.1, -0.05) is 6.07 Å². The van der Waals surface area contributed by atoms with E-state index in [1.165, 1.54) is 7.05 Å². The van der Waals surface area contributed by atoms with Gasteiger partial charge in [-0.2, -0.15) is 4.31 Å². The van der Waals surface area contributed by atoms with Crippen molar-refractivity contribution in [3.8, 4) is 0 Å². The van der Waals surface area contributed by atoms with Gasteiger partial charge in [-0.3, -0.25) is 9.59 Å². The van der Waals surface area contributed by atoms with Gasteiger partial charge in [0.2, 0.25) is 15.9 Å². The summed E-state index contributed by atoms with van der Waals surface area (Å²) >= 11 is 0. The van der Waals surface area contributed by atoms with Gasteiger partial charge in [0.15, 0.2) is 11.4 Å². The fourth-order valence-corrected chi connectivity index (χ4v) is 4.18. The summed E-state index contributed by atoms with van der Waals surface area (Å²) in [6.07, 6.45) is 0. The predicted molar refractivity (Wildman–Crippen MR) is 87.8 cm³/mol. The lowest BCUT2D eigenvalue weighted by atomic mass is 10.3. The number of nitrogens with one attached hydrogen (secondary N) is 3. The molecule has 1 heterocycles. The normalized spacial score (nSPS) is 16.3. The van der Waals surface area contributed by atoms with Crippen molar-refractivity contribution in [2.45, 2.75) is 4.90 Å². The molecule has 8 nitrogen and oxygen atoms in total. The average molecular weight is 391 g/mol. The highest BCUT2D eigenvalue weighted by Crippen LogP contribution is 2.22. The van der Waals surface area contributed by atoms with Crippen LogP contribution in [0.4, 0.5) is 8.78 Å². The van der Waals surface area contributed by atoms with Gasteiger partial charge in [0.05, 0.1) is 32.7 Å². The Morgan fingerprint density at radius 3 is 2.27 bits per heavy atom. The van der Waals surface area contributed by atoms with E-state index in [1.54, 1.807) is 0 Å². The Morgan fingerprint density at radius 1 is 1.15 bits per heavy atom. The highest BCUT2D eigenvalue weighted by atomic mass is 32.2. The van der Waals surface area contributed by atoms with E-state index < -0.39 is 26.6 Å². The molecular formula is C15H21F2N4O4S+. The summed E-state index contributed by atoms with van der Waals surface area (Å²) in [5.41, 5.74) is 0. The van der Waals surface area contributed by atoms with Gasteiger partial charge in [0.25, 0.3) is 5.91 Å². The van der Waals surface area contributed by atoms with Crippen molar-refractivity contribution in [2.75, 3.05) is 46.3 Å². The van der Waals surface area contributed by atoms with Crippen LogP contribution in [-0.4, -0.2) is 70.9 Å². The zero-order valence-corrected chi connectivity index (χ0v) is 15.0. The number of hydrogen-bond acceptors (Lipinski definition) is 4. The van der Waals surface area contributed by atoms with Crippen molar-refractivity contribution in [1.82, 2.24) is 14.9 Å². The molecule has 1 aliphatic heterocycles. The number of piperazine rings is 1. The number of hydrogen-bond donors (Lipinski definition) is 3. The van der Waals surface area contributed by atoms with Crippen molar-refractivity contribution >= 4 is 21.8 Å². The molecule has 0 spiro atoms. The monoisotopic (exact) mass is 391 g/mol. The van der Waals surface area contributed by atoms with Gasteiger partial charge >= 0.3 is 0 Å². The Balaban J connectivity index is 1.94. The lowest BCUT2D eigenvalue weighted by Crippen LogP contribution is -3.15. The van der Waals surface area contributed by atoms with E-state index in [0.29, 0.717) is 13.1 Å². The lowest BCUT2D eigenvalue weighted by molar-refractivity contribution is -0.895. The Kier molecular flexibility index (Phi) is 6.62. The summed E-state index contributed by atoms with van der Waals surface area (Å²) in [5, 5.41) is 4.84. The minimum Gasteiger partial charge on any atom is -0.358 e. The third-order valence-electron chi connectivity index (χ3n) is 4.08. The molecule has 1 aromatic carbocycles. The van der Waals surface area contributed by atoms with Crippen LogP contribution in [0.25, 0.3) is 0 Å². The molecule has 1 aromatic rings. The Hall–Kier alpha value is -2.11. The summed E-state index contributed by atoms with van der Waals surface area (Å²) in [6, 6.07) is 2.89. The number of carbonyl (C=O) groups excluding carboxylic acids is 2. The maximum absolute atomic E-state index is 13.8. The quantitative estimate of drug-likeness (QED) is 0.509. The number of nitrogens with zero attached hydrogens (tertiary/aromatic N) is 1. The molecule has 0 radical (unpaired) electrons. The van der Waals surface area contributed by atoms with Crippen LogP contribution in [0.2, 0.25) is 0 Å². The highest BCUT2D eigenvalue weighted by molar-refractivity contribution is 7.89. The maximum Gasteiger partial charge on any atom is 0.275 e. The third-order valence-corrected chi connectivity index (χ3v) is 6.03. The van der Waals surface area contributed by atoms with Gasteiger partial charge in [0.1, 0.15) is 11.6 Å². The first-order valence-corrected chi connectivity index (χ1v) is 9.44. The molecule has 26 heavy (non-hydrogen) atoms. The molecule has 1 saturated heterocycles. The van der Waals surface area contributed by atoms with E-state index in [4.69, 9.17) is 0 Å². The number of quaternary nitrogens is 1. The van der Waals surface area contributed by atoms with E-state index in [2.05, 4.69) is 10.6 Å². The number of amides is 2. The number of likely N-dealkylation sites (N-methyl/N-ethyl adjacent to an activating group) is 1. The zero-order chi connectivity index (χ0) is 19.3. The number of halogens is 2. The van der Waals surface area contributed by atoms with Crippen LogP contribution in [0.1, 0.15) is 0 Å². The number of sulfonamides is 1. The molecule has 3 N–H and O–H groups in total. The molecule has 0 aromatic heterocycles. The van der Waals surface area contributed by atoms with Crippen LogP contribution in [0, 0.1) is 11.6 Å². The molecule has 2 rings (SSSR count). The number of rotatable bonds is 6. The van der Waals surface area contributed by atoms with Crippen molar-refractivity contribution in [3.05, 3.63) is 29.8 Å². The van der Waals surface area contributed by atoms with Gasteiger partial charge in [-0.05, 0) is 12.1 Å². The van der Waals surface area contributed by atoms with Crippen LogP contribution in [0.15, 0.2) is 23.1 Å². The van der Waals surface area contributed by atoms with E-state index in [0.717, 1.165) is 27.4 Å². The van der Waals surface area contributed by atoms with Crippen molar-refractivity contribution in [2.24, 2.45) is 0 Å². The second-order valence-corrected chi connectivity index (χ2v) is 7.71. The Bertz CT molecular complexity index is 760. The maximum atomic E-state index is 13.8. The van der Waals surface area contributed by atoms with Gasteiger partial charge in [-0.25, -0.2) is 17.2 Å². The highest BCUT2D eigenvalue weighted by Gasteiger charge is 2.34. The summed E-state index contributed by atoms with van der Waals surface area (Å²) < 4.78 is 53.6. The molecule has 1 aliphatic rings. The van der Waals surface area contributed by atoms with E-state index >= 15 is 0 Å². The first kappa shape index (κ1) is 20.2. The molecule has 1 fully saturated rings. The average Bonchev–Trinajstić information content (AvgIpc) is 2.59. The lowest BCUT2D eigenvalue weighted by Gasteiger charge is -2.31. The standard InChI is InChI=1S/C15H20F2N4O4S/c1-18-13(22)9-19-14(23)10-20-5-7-21(8-6-20)26(24,25)15-11(16)3-2-4-12(15)17/h2-4H,5-10H2,1H3,(H,18,22)(H,19,23)/p+1. The van der Waals surface area contributed by atoms with E-state index in [1.807, 2.05) is 0 Å². The van der Waals surface area contributed by atoms with Gasteiger partial charge in [0, 0.05) is 7.05 Å². The Labute approximate surface area is 150 Å². The van der Waals surface area contributed by atoms with Crippen LogP contribution < -0.4 is 15.5 Å². The van der Waals surface area contributed by atoms with Crippen molar-refractivity contribution in [3.63, 3.8) is 0 Å². The predicted octanol–water partition coefficient (Wildman–Crippen LogP) is -2.28. The number of benzene rings is 1. The SMILES string of the molecule is CNC(=O)CNC(=O)C[NH+]1CCN(S(=O)(=O)c2c(F)cccc2F)CC1. The Morgan fingerprint density at radius 2 is 1.73 bits per heavy atom. The van der Waals surface area contributed by atoms with Crippen molar-refractivity contribution in [1.29, 1.82) is 0 Å². The first-order chi connectivity index (χ1) is 12.3. The minimum atomic E-state index is -4.28. The van der Waals surface area contributed by atoms with E-state index in [-0.39, 0.29) is 38.0 Å². The molecule has 0 atom stereocenters. The fourth-order valence-electron chi connectivity index (χ4n) is 2.63. The van der Waals surface area contributed by atoms with E-state index in [9.17, 15) is 26.8 Å². The molecule has 144 valence electrons. The van der Waals surface area contributed by atoms with Crippen molar-refractivity contribution < 1.29 is 31.7 Å². The van der Waals surface area contributed by atoms with Crippen LogP contribution >= 0.6 is 0 Å². The number of carbonyl (C=O) groups is 2. The van der Waals surface area contributed by atoms with Gasteiger partial charge < -0.3 is 15.5 Å². The molecule has 0 bridgehead atoms. The van der Waals surface area contributed by atoms with Crippen LogP contribution in [0.3, 0.4) is 0 Å². The second-order valence-electron chi connectivity index (χ2n) is 5.83. The second kappa shape index (κ2) is 8.52. The van der Waals surface area contributed by atoms with Crippen LogP contribution in [-0.2, 0) is 19.6 Å². The molecule has 0 unspecified atom stereocenters. The minimum absolute atomic E-state index is 0.0359. The van der Waals surface area contributed by atoms with Crippen LogP contribution in [0.5, 0.6) is 0 Å². The molecule has 2 amide bonds. The van der Waals surface area contributed by atoms with Gasteiger partial charge in [-0.15, -0.1) is 0 Å². The fraction of sp³-hybridized carbons (Fsp3) is 0.467. The molecular weight excluding hydrogens is 370 g/mol. The summed E-state index contributed by atoms with van der Waals surface area (Å²) in [5.74, 6) is -2.92. The zero-order valence-electron chi connectivity index (χ0n) is 14.2. The third kappa shape index (κ3) is 4.74. The topological polar surface area (TPSA) is 100 Å². The smallest absolute Gasteiger partial charge is 0.275 e. The molecule has 0 saturated carbocycles. The summed E-state index contributed by atoms with van der Waals surface area (Å²) in [7, 11) is -2.83. The first-order valence-electron chi connectivity index (χ1n) is 8.00. The summed E-state index contributed by atoms with van der Waals surface area (Å²) in [4.78, 5) is 22.7. The largest absolute Gasteiger partial charge is 0.358 e. The summed E-state index contributed by atoms with van der Waals surface area (Å²) in [6.45, 7) is 0.641. The molecule has 11 heteroatoms.